The Hall–Kier alpha value is -3.81. The van der Waals surface area contributed by atoms with Crippen molar-refractivity contribution in [2.45, 2.75) is 50.0 Å². The number of carboxylic acids is 1. The molecule has 5 unspecified atom stereocenters. The van der Waals surface area contributed by atoms with E-state index in [4.69, 9.17) is 5.73 Å². The van der Waals surface area contributed by atoms with Crippen molar-refractivity contribution in [3.05, 3.63) is 54.1 Å². The number of nitrogens with zero attached hydrogens (tertiary/aromatic N) is 1. The van der Waals surface area contributed by atoms with E-state index in [1.807, 2.05) is 6.07 Å². The molecule has 0 saturated carbocycles. The molecule has 0 fully saturated rings. The lowest BCUT2D eigenvalue weighted by Gasteiger charge is -2.25. The van der Waals surface area contributed by atoms with Crippen LogP contribution in [-0.2, 0) is 32.0 Å². The lowest BCUT2D eigenvalue weighted by atomic mass is 10.1. The summed E-state index contributed by atoms with van der Waals surface area (Å²) in [4.78, 5) is 55.8. The summed E-state index contributed by atoms with van der Waals surface area (Å²) in [5.41, 5.74) is 7.15. The molecule has 2 rings (SSSR count). The maximum Gasteiger partial charge on any atom is 0.326 e. The average Bonchev–Trinajstić information content (AvgIpc) is 3.33. The molecule has 1 heterocycles. The Morgan fingerprint density at radius 1 is 1.00 bits per heavy atom. The van der Waals surface area contributed by atoms with E-state index < -0.39 is 60.6 Å². The van der Waals surface area contributed by atoms with Gasteiger partial charge in [0.15, 0.2) is 0 Å². The number of hydrogen-bond acceptors (Lipinski definition) is 8. The van der Waals surface area contributed by atoms with Crippen molar-refractivity contribution in [1.29, 1.82) is 0 Å². The molecule has 190 valence electrons. The highest BCUT2D eigenvalue weighted by Crippen LogP contribution is 2.04. The monoisotopic (exact) mass is 490 g/mol. The van der Waals surface area contributed by atoms with Crippen molar-refractivity contribution in [3.63, 3.8) is 0 Å². The zero-order valence-corrected chi connectivity index (χ0v) is 19.0. The van der Waals surface area contributed by atoms with Crippen LogP contribution in [0.5, 0.6) is 0 Å². The van der Waals surface area contributed by atoms with Gasteiger partial charge in [-0.1, -0.05) is 30.3 Å². The number of nitrogens with one attached hydrogen (secondary N) is 4. The summed E-state index contributed by atoms with van der Waals surface area (Å²) < 4.78 is 0. The van der Waals surface area contributed by atoms with Gasteiger partial charge < -0.3 is 42.0 Å². The number of rotatable bonds is 13. The molecule has 35 heavy (non-hydrogen) atoms. The second-order valence-electron chi connectivity index (χ2n) is 7.95. The zero-order valence-electron chi connectivity index (χ0n) is 19.0. The Labute approximate surface area is 201 Å². The number of amides is 3. The van der Waals surface area contributed by atoms with E-state index in [1.54, 1.807) is 24.3 Å². The first-order chi connectivity index (χ1) is 16.6. The maximum atomic E-state index is 12.7. The minimum atomic E-state index is -1.56. The molecule has 9 N–H and O–H groups in total. The standard InChI is InChI=1S/C22H30N6O7/c1-12(30)18(21(33)26-16(22(34)35)8-14-9-24-11-25-14)28-20(32)17(10-29)27-19(31)15(23)7-13-5-3-2-4-6-13/h2-6,9,11-12,15-18,29-30H,7-8,10,23H2,1H3,(H,24,25)(H,26,33)(H,27,31)(H,28,32)(H,34,35). The fraction of sp³-hybridized carbons (Fsp3) is 0.409. The van der Waals surface area contributed by atoms with Crippen molar-refractivity contribution in [3.8, 4) is 0 Å². The van der Waals surface area contributed by atoms with E-state index in [0.29, 0.717) is 5.69 Å². The highest BCUT2D eigenvalue weighted by atomic mass is 16.4. The minimum absolute atomic E-state index is 0.115. The van der Waals surface area contributed by atoms with Crippen LogP contribution in [0.25, 0.3) is 0 Å². The molecular weight excluding hydrogens is 460 g/mol. The predicted octanol–water partition coefficient (Wildman–Crippen LogP) is -2.57. The van der Waals surface area contributed by atoms with Crippen molar-refractivity contribution in [2.24, 2.45) is 5.73 Å². The number of aliphatic hydroxyl groups is 2. The first-order valence-corrected chi connectivity index (χ1v) is 10.8. The van der Waals surface area contributed by atoms with Crippen LogP contribution in [0.15, 0.2) is 42.9 Å². The van der Waals surface area contributed by atoms with Crippen LogP contribution in [0.2, 0.25) is 0 Å². The fourth-order valence-electron chi connectivity index (χ4n) is 3.17. The van der Waals surface area contributed by atoms with E-state index in [0.717, 1.165) is 5.56 Å². The Balaban J connectivity index is 2.00. The van der Waals surface area contributed by atoms with Gasteiger partial charge in [-0.05, 0) is 18.9 Å². The summed E-state index contributed by atoms with van der Waals surface area (Å²) >= 11 is 0. The van der Waals surface area contributed by atoms with Gasteiger partial charge in [-0.25, -0.2) is 9.78 Å². The van der Waals surface area contributed by atoms with Gasteiger partial charge in [0.2, 0.25) is 17.7 Å². The van der Waals surface area contributed by atoms with Crippen LogP contribution in [0.3, 0.4) is 0 Å². The molecule has 1 aromatic carbocycles. The SMILES string of the molecule is CC(O)C(NC(=O)C(CO)NC(=O)C(N)Cc1ccccc1)C(=O)NC(Cc1cnc[nH]1)C(=O)O. The van der Waals surface area contributed by atoms with E-state index >= 15 is 0 Å². The summed E-state index contributed by atoms with van der Waals surface area (Å²) in [5.74, 6) is -3.97. The Bertz CT molecular complexity index is 983. The van der Waals surface area contributed by atoms with Crippen molar-refractivity contribution in [2.75, 3.05) is 6.61 Å². The topological polar surface area (TPSA) is 220 Å². The van der Waals surface area contributed by atoms with Crippen molar-refractivity contribution in [1.82, 2.24) is 25.9 Å². The number of hydrogen-bond donors (Lipinski definition) is 8. The maximum absolute atomic E-state index is 12.7. The summed E-state index contributed by atoms with van der Waals surface area (Å²) in [6.07, 6.45) is 1.40. The van der Waals surface area contributed by atoms with E-state index in [1.165, 1.54) is 19.4 Å². The molecule has 13 nitrogen and oxygen atoms in total. The minimum Gasteiger partial charge on any atom is -0.480 e. The highest BCUT2D eigenvalue weighted by molar-refractivity contribution is 5.94. The zero-order chi connectivity index (χ0) is 26.0. The molecule has 0 spiro atoms. The van der Waals surface area contributed by atoms with Crippen LogP contribution < -0.4 is 21.7 Å². The van der Waals surface area contributed by atoms with E-state index in [-0.39, 0.29) is 12.8 Å². The summed E-state index contributed by atoms with van der Waals surface area (Å²) in [7, 11) is 0. The number of aliphatic carboxylic acids is 1. The molecule has 0 radical (unpaired) electrons. The number of benzene rings is 1. The fourth-order valence-corrected chi connectivity index (χ4v) is 3.17. The number of nitrogens with two attached hydrogens (primary N) is 1. The molecule has 13 heteroatoms. The average molecular weight is 491 g/mol. The number of aromatic nitrogens is 2. The van der Waals surface area contributed by atoms with Crippen LogP contribution in [0.4, 0.5) is 0 Å². The molecule has 0 aliphatic carbocycles. The second kappa shape index (κ2) is 13.2. The van der Waals surface area contributed by atoms with Gasteiger partial charge in [0.05, 0.1) is 25.1 Å². The van der Waals surface area contributed by atoms with Crippen molar-refractivity contribution >= 4 is 23.7 Å². The molecule has 0 aliphatic rings. The lowest BCUT2D eigenvalue weighted by molar-refractivity contribution is -0.143. The van der Waals surface area contributed by atoms with Crippen LogP contribution in [-0.4, -0.2) is 85.9 Å². The highest BCUT2D eigenvalue weighted by Gasteiger charge is 2.32. The third-order valence-electron chi connectivity index (χ3n) is 5.11. The van der Waals surface area contributed by atoms with Crippen molar-refractivity contribution < 1.29 is 34.5 Å². The van der Waals surface area contributed by atoms with Crippen LogP contribution in [0.1, 0.15) is 18.2 Å². The van der Waals surface area contributed by atoms with E-state index in [2.05, 4.69) is 25.9 Å². The number of aliphatic hydroxyl groups excluding tert-OH is 2. The van der Waals surface area contributed by atoms with Gasteiger partial charge in [0.1, 0.15) is 18.1 Å². The Kier molecular flexibility index (Phi) is 10.3. The number of carboxylic acid groups (broad SMARTS) is 1. The smallest absolute Gasteiger partial charge is 0.326 e. The van der Waals surface area contributed by atoms with Crippen LogP contribution in [0, 0.1) is 0 Å². The first-order valence-electron chi connectivity index (χ1n) is 10.8. The van der Waals surface area contributed by atoms with E-state index in [9.17, 15) is 34.5 Å². The third-order valence-corrected chi connectivity index (χ3v) is 5.11. The third kappa shape index (κ3) is 8.48. The van der Waals surface area contributed by atoms with Gasteiger partial charge in [0.25, 0.3) is 0 Å². The number of imidazole rings is 1. The quantitative estimate of drug-likeness (QED) is 0.148. The largest absolute Gasteiger partial charge is 0.480 e. The molecule has 5 atom stereocenters. The molecule has 0 aliphatic heterocycles. The summed E-state index contributed by atoms with van der Waals surface area (Å²) in [6.45, 7) is 0.416. The van der Waals surface area contributed by atoms with Gasteiger partial charge >= 0.3 is 5.97 Å². The van der Waals surface area contributed by atoms with Gasteiger partial charge in [-0.15, -0.1) is 0 Å². The Morgan fingerprint density at radius 3 is 2.20 bits per heavy atom. The summed E-state index contributed by atoms with van der Waals surface area (Å²) in [5, 5.41) is 35.8. The van der Waals surface area contributed by atoms with Crippen LogP contribution >= 0.6 is 0 Å². The molecular formula is C22H30N6O7. The number of carbonyl (C=O) groups excluding carboxylic acids is 3. The number of carbonyl (C=O) groups is 4. The molecule has 1 aromatic heterocycles. The molecule has 0 bridgehead atoms. The van der Waals surface area contributed by atoms with Gasteiger partial charge in [-0.3, -0.25) is 14.4 Å². The predicted molar refractivity (Wildman–Crippen MR) is 123 cm³/mol. The number of aromatic amines is 1. The summed E-state index contributed by atoms with van der Waals surface area (Å²) in [6, 6.07) is 3.56. The molecule has 2 aromatic rings. The lowest BCUT2D eigenvalue weighted by Crippen LogP contribution is -2.60. The Morgan fingerprint density at radius 2 is 1.66 bits per heavy atom. The number of H-pyrrole nitrogens is 1. The normalized spacial score (nSPS) is 15.2. The molecule has 3 amide bonds. The first kappa shape index (κ1) is 27.4. The molecule has 0 saturated heterocycles. The van der Waals surface area contributed by atoms with Gasteiger partial charge in [-0.2, -0.15) is 0 Å². The second-order valence-corrected chi connectivity index (χ2v) is 7.95. The van der Waals surface area contributed by atoms with Gasteiger partial charge in [0, 0.05) is 18.3 Å².